The Morgan fingerprint density at radius 2 is 2.04 bits per heavy atom. The molecule has 1 fully saturated rings. The summed E-state index contributed by atoms with van der Waals surface area (Å²) in [5.74, 6) is 0.178. The lowest BCUT2D eigenvalue weighted by atomic mass is 9.84. The van der Waals surface area contributed by atoms with Crippen LogP contribution in [0, 0.1) is 11.7 Å². The van der Waals surface area contributed by atoms with Gasteiger partial charge in [-0.1, -0.05) is 0 Å². The first kappa shape index (κ1) is 18.1. The minimum absolute atomic E-state index is 0.267. The van der Waals surface area contributed by atoms with E-state index >= 15 is 0 Å². The lowest BCUT2D eigenvalue weighted by molar-refractivity contribution is 0.319. The number of halogens is 1. The average molecular weight is 370 g/mol. The molecule has 3 rings (SSSR count). The van der Waals surface area contributed by atoms with Gasteiger partial charge in [-0.15, -0.1) is 0 Å². The largest absolute Gasteiger partial charge is 0.424 e. The summed E-state index contributed by atoms with van der Waals surface area (Å²) >= 11 is 0. The van der Waals surface area contributed by atoms with Crippen molar-refractivity contribution in [1.82, 2.24) is 14.4 Å². The van der Waals surface area contributed by atoms with Crippen LogP contribution in [0.5, 0.6) is 0 Å². The normalized spacial score (nSPS) is 21.5. The number of nitrogens with zero attached hydrogens (tertiary/aromatic N) is 1. The van der Waals surface area contributed by atoms with Crippen molar-refractivity contribution in [2.24, 2.45) is 5.92 Å². The number of hydrogen-bond acceptors (Lipinski definition) is 5. The van der Waals surface area contributed by atoms with Crippen molar-refractivity contribution < 1.29 is 17.2 Å². The minimum atomic E-state index is -3.35. The first-order chi connectivity index (χ1) is 11.9. The van der Waals surface area contributed by atoms with Gasteiger partial charge in [0, 0.05) is 25.7 Å². The number of benzene rings is 1. The van der Waals surface area contributed by atoms with Crippen LogP contribution in [-0.2, 0) is 10.2 Å². The lowest BCUT2D eigenvalue weighted by Gasteiger charge is -2.28. The Morgan fingerprint density at radius 3 is 2.76 bits per heavy atom. The topological polar surface area (TPSA) is 96.3 Å². The summed E-state index contributed by atoms with van der Waals surface area (Å²) in [5.41, 5.74) is 1.07. The van der Waals surface area contributed by atoms with E-state index in [1.165, 1.54) is 19.2 Å². The van der Waals surface area contributed by atoms with Crippen molar-refractivity contribution >= 4 is 27.3 Å². The van der Waals surface area contributed by atoms with Crippen molar-refractivity contribution in [3.8, 4) is 0 Å². The predicted molar refractivity (Wildman–Crippen MR) is 93.9 cm³/mol. The van der Waals surface area contributed by atoms with Gasteiger partial charge in [-0.25, -0.2) is 13.8 Å². The van der Waals surface area contributed by atoms with E-state index in [0.717, 1.165) is 32.1 Å². The molecular weight excluding hydrogens is 347 g/mol. The van der Waals surface area contributed by atoms with Gasteiger partial charge in [0.25, 0.3) is 16.2 Å². The third-order valence-corrected chi connectivity index (χ3v) is 5.76. The number of fused-ring (bicyclic) bond motifs is 1. The SMILES string of the molecule is CNS(=O)(=O)NCCC1CCC(Nc2nc3cc(F)ccc3o2)CC1. The van der Waals surface area contributed by atoms with E-state index in [1.807, 2.05) is 0 Å². The van der Waals surface area contributed by atoms with Crippen molar-refractivity contribution in [1.29, 1.82) is 0 Å². The van der Waals surface area contributed by atoms with Crippen LogP contribution in [0.15, 0.2) is 22.6 Å². The first-order valence-corrected chi connectivity index (χ1v) is 9.94. The Bertz CT molecular complexity index is 816. The van der Waals surface area contributed by atoms with Gasteiger partial charge in [-0.3, -0.25) is 0 Å². The molecule has 25 heavy (non-hydrogen) atoms. The van der Waals surface area contributed by atoms with E-state index in [-0.39, 0.29) is 11.9 Å². The van der Waals surface area contributed by atoms with Crippen molar-refractivity contribution in [3.63, 3.8) is 0 Å². The average Bonchev–Trinajstić information content (AvgIpc) is 2.97. The molecular formula is C16H23FN4O3S. The van der Waals surface area contributed by atoms with E-state index in [4.69, 9.17) is 4.42 Å². The second-order valence-electron chi connectivity index (χ2n) is 6.38. The smallest absolute Gasteiger partial charge is 0.295 e. The van der Waals surface area contributed by atoms with Gasteiger partial charge < -0.3 is 9.73 Å². The molecule has 0 aliphatic heterocycles. The molecule has 1 saturated carbocycles. The van der Waals surface area contributed by atoms with Gasteiger partial charge in [0.2, 0.25) is 0 Å². The molecule has 1 aromatic carbocycles. The number of hydrogen-bond donors (Lipinski definition) is 3. The van der Waals surface area contributed by atoms with E-state index in [0.29, 0.717) is 29.6 Å². The molecule has 9 heteroatoms. The van der Waals surface area contributed by atoms with Crippen LogP contribution < -0.4 is 14.8 Å². The Hall–Kier alpha value is -1.71. The Morgan fingerprint density at radius 1 is 1.28 bits per heavy atom. The summed E-state index contributed by atoms with van der Waals surface area (Å²) in [6.45, 7) is 0.447. The van der Waals surface area contributed by atoms with Crippen molar-refractivity contribution in [2.75, 3.05) is 18.9 Å². The van der Waals surface area contributed by atoms with E-state index < -0.39 is 10.2 Å². The first-order valence-electron chi connectivity index (χ1n) is 8.46. The molecule has 1 aromatic heterocycles. The van der Waals surface area contributed by atoms with Crippen molar-refractivity contribution in [3.05, 3.63) is 24.0 Å². The molecule has 7 nitrogen and oxygen atoms in total. The summed E-state index contributed by atoms with van der Waals surface area (Å²) < 4.78 is 46.2. The van der Waals surface area contributed by atoms with Gasteiger partial charge in [0.1, 0.15) is 11.3 Å². The second kappa shape index (κ2) is 7.67. The van der Waals surface area contributed by atoms with E-state index in [2.05, 4.69) is 19.7 Å². The zero-order chi connectivity index (χ0) is 17.9. The van der Waals surface area contributed by atoms with Crippen LogP contribution in [-0.4, -0.2) is 33.0 Å². The van der Waals surface area contributed by atoms with Gasteiger partial charge in [0.15, 0.2) is 5.58 Å². The zero-order valence-electron chi connectivity index (χ0n) is 14.1. The fraction of sp³-hybridized carbons (Fsp3) is 0.562. The quantitative estimate of drug-likeness (QED) is 0.695. The molecule has 0 atom stereocenters. The number of anilines is 1. The molecule has 3 N–H and O–H groups in total. The maximum absolute atomic E-state index is 13.2. The summed E-state index contributed by atoms with van der Waals surface area (Å²) in [7, 11) is -1.96. The van der Waals surface area contributed by atoms with Crippen molar-refractivity contribution in [2.45, 2.75) is 38.1 Å². The Labute approximate surface area is 146 Å². The second-order valence-corrected chi connectivity index (χ2v) is 8.09. The lowest BCUT2D eigenvalue weighted by Crippen LogP contribution is -2.35. The summed E-state index contributed by atoms with van der Waals surface area (Å²) in [4.78, 5) is 4.27. The maximum atomic E-state index is 13.2. The molecule has 2 aromatic rings. The van der Waals surface area contributed by atoms with Crippen LogP contribution in [0.3, 0.4) is 0 Å². The van der Waals surface area contributed by atoms with Gasteiger partial charge in [-0.2, -0.15) is 13.4 Å². The molecule has 138 valence electrons. The zero-order valence-corrected chi connectivity index (χ0v) is 14.9. The molecule has 0 spiro atoms. The standard InChI is InChI=1S/C16H23FN4O3S/c1-18-25(22,23)19-9-8-11-2-5-13(6-3-11)20-16-21-14-10-12(17)4-7-15(14)24-16/h4,7,10-11,13,18-19H,2-3,5-6,8-9H2,1H3,(H,20,21). The molecule has 1 heterocycles. The highest BCUT2D eigenvalue weighted by Gasteiger charge is 2.22. The Kier molecular flexibility index (Phi) is 5.55. The van der Waals surface area contributed by atoms with Crippen LogP contribution in [0.1, 0.15) is 32.1 Å². The van der Waals surface area contributed by atoms with Gasteiger partial charge >= 0.3 is 0 Å². The fourth-order valence-electron chi connectivity index (χ4n) is 3.20. The van der Waals surface area contributed by atoms with E-state index in [9.17, 15) is 12.8 Å². The van der Waals surface area contributed by atoms with E-state index in [1.54, 1.807) is 6.07 Å². The fourth-order valence-corrected chi connectivity index (χ4v) is 3.73. The highest BCUT2D eigenvalue weighted by atomic mass is 32.2. The molecule has 1 aliphatic carbocycles. The monoisotopic (exact) mass is 370 g/mol. The molecule has 0 amide bonds. The molecule has 0 radical (unpaired) electrons. The summed E-state index contributed by atoms with van der Waals surface area (Å²) in [6.07, 6.45) is 4.81. The van der Waals surface area contributed by atoms with Crippen LogP contribution in [0.4, 0.5) is 10.4 Å². The third-order valence-electron chi connectivity index (χ3n) is 4.64. The number of nitrogens with one attached hydrogen (secondary N) is 3. The maximum Gasteiger partial charge on any atom is 0.295 e. The third kappa shape index (κ3) is 4.90. The summed E-state index contributed by atoms with van der Waals surface area (Å²) in [6, 6.07) is 4.97. The van der Waals surface area contributed by atoms with Gasteiger partial charge in [0.05, 0.1) is 0 Å². The highest BCUT2D eigenvalue weighted by Crippen LogP contribution is 2.29. The summed E-state index contributed by atoms with van der Waals surface area (Å²) in [5, 5.41) is 3.28. The molecule has 0 bridgehead atoms. The van der Waals surface area contributed by atoms with Crippen LogP contribution in [0.25, 0.3) is 11.1 Å². The van der Waals surface area contributed by atoms with Gasteiger partial charge in [-0.05, 0) is 50.2 Å². The predicted octanol–water partition coefficient (Wildman–Crippen LogP) is 2.38. The molecule has 0 unspecified atom stereocenters. The highest BCUT2D eigenvalue weighted by molar-refractivity contribution is 7.87. The Balaban J connectivity index is 1.45. The van der Waals surface area contributed by atoms with Crippen LogP contribution in [0.2, 0.25) is 0 Å². The number of rotatable bonds is 7. The van der Waals surface area contributed by atoms with Crippen LogP contribution >= 0.6 is 0 Å². The number of oxazole rings is 1. The minimum Gasteiger partial charge on any atom is -0.424 e. The molecule has 1 aliphatic rings. The number of aromatic nitrogens is 1. The molecule has 0 saturated heterocycles.